The van der Waals surface area contributed by atoms with Gasteiger partial charge in [-0.25, -0.2) is 13.4 Å². The molecular weight excluding hydrogens is 292 g/mol. The first kappa shape index (κ1) is 14.1. The number of rotatable bonds is 3. The largest absolute Gasteiger partial charge is 0.279 e. The smallest absolute Gasteiger partial charge is 0.252 e. The minimum atomic E-state index is -3.61. The van der Waals surface area contributed by atoms with Crippen molar-refractivity contribution >= 4 is 31.6 Å². The first-order valence-electron chi connectivity index (χ1n) is 5.67. The molecule has 1 fully saturated rings. The Hall–Kier alpha value is -1.28. The highest BCUT2D eigenvalue weighted by molar-refractivity contribution is 8.13. The van der Waals surface area contributed by atoms with Gasteiger partial charge < -0.3 is 0 Å². The molecule has 2 rings (SSSR count). The van der Waals surface area contributed by atoms with Crippen LogP contribution in [0.4, 0.5) is 5.95 Å². The number of aromatic nitrogens is 3. The highest BCUT2D eigenvalue weighted by Crippen LogP contribution is 2.24. The first-order valence-corrected chi connectivity index (χ1v) is 8.15. The fourth-order valence-corrected chi connectivity index (χ4v) is 3.25. The van der Waals surface area contributed by atoms with E-state index in [1.54, 1.807) is 13.8 Å². The topological polar surface area (TPSA) is 93.1 Å². The highest BCUT2D eigenvalue weighted by atomic mass is 35.7. The van der Waals surface area contributed by atoms with Gasteiger partial charge in [-0.3, -0.25) is 9.69 Å². The van der Waals surface area contributed by atoms with E-state index in [1.165, 1.54) is 4.90 Å². The number of hydrogen-bond donors (Lipinski definition) is 0. The summed E-state index contributed by atoms with van der Waals surface area (Å²) in [5, 5.41) is 7.77. The Bertz CT molecular complexity index is 619. The lowest BCUT2D eigenvalue weighted by molar-refractivity contribution is -0.117. The Morgan fingerprint density at radius 1 is 1.32 bits per heavy atom. The van der Waals surface area contributed by atoms with Crippen LogP contribution in [-0.4, -0.2) is 41.8 Å². The molecule has 1 atom stereocenters. The third kappa shape index (κ3) is 3.38. The van der Waals surface area contributed by atoms with E-state index < -0.39 is 9.05 Å². The Morgan fingerprint density at radius 3 is 2.58 bits per heavy atom. The average molecular weight is 305 g/mol. The minimum absolute atomic E-state index is 0.127. The lowest BCUT2D eigenvalue weighted by atomic mass is 10.1. The number of nitrogens with zero attached hydrogens (tertiary/aromatic N) is 4. The Labute approximate surface area is 115 Å². The lowest BCUT2D eigenvalue weighted by Gasteiger charge is -2.14. The lowest BCUT2D eigenvalue weighted by Crippen LogP contribution is -2.28. The predicted octanol–water partition coefficient (Wildman–Crippen LogP) is 0.410. The molecule has 7 nitrogen and oxygen atoms in total. The van der Waals surface area contributed by atoms with Crippen LogP contribution in [0.15, 0.2) is 0 Å². The van der Waals surface area contributed by atoms with E-state index in [-0.39, 0.29) is 36.5 Å². The summed E-state index contributed by atoms with van der Waals surface area (Å²) in [6.07, 6.45) is 0.127. The molecule has 9 heteroatoms. The summed E-state index contributed by atoms with van der Waals surface area (Å²) in [6.45, 7) is 3.79. The minimum Gasteiger partial charge on any atom is -0.279 e. The van der Waals surface area contributed by atoms with E-state index >= 15 is 0 Å². The van der Waals surface area contributed by atoms with Crippen molar-refractivity contribution in [3.05, 3.63) is 11.4 Å². The fourth-order valence-electron chi connectivity index (χ4n) is 1.93. The number of carbonyl (C=O) groups excluding carboxylic acids is 1. The van der Waals surface area contributed by atoms with Crippen molar-refractivity contribution in [2.75, 3.05) is 17.2 Å². The monoisotopic (exact) mass is 304 g/mol. The SMILES string of the molecule is Cc1nnc(N2CC(CS(=O)(=O)Cl)CC2=O)nc1C. The van der Waals surface area contributed by atoms with E-state index in [0.29, 0.717) is 11.4 Å². The second kappa shape index (κ2) is 5.01. The standard InChI is InChI=1S/C10H13ClN4O3S/c1-6-7(2)13-14-10(12-6)15-4-8(3-9(15)16)5-19(11,17)18/h8H,3-5H2,1-2H3. The average Bonchev–Trinajstić information content (AvgIpc) is 2.61. The molecule has 0 bridgehead atoms. The third-order valence-electron chi connectivity index (χ3n) is 2.96. The van der Waals surface area contributed by atoms with Gasteiger partial charge in [0.25, 0.3) is 5.95 Å². The zero-order chi connectivity index (χ0) is 14.2. The van der Waals surface area contributed by atoms with E-state index in [2.05, 4.69) is 15.2 Å². The van der Waals surface area contributed by atoms with Gasteiger partial charge in [0.15, 0.2) is 0 Å². The normalized spacial score (nSPS) is 20.1. The molecule has 1 amide bonds. The molecule has 0 N–H and O–H groups in total. The van der Waals surface area contributed by atoms with Crippen LogP contribution in [0.5, 0.6) is 0 Å². The molecule has 19 heavy (non-hydrogen) atoms. The van der Waals surface area contributed by atoms with Gasteiger partial charge in [0.1, 0.15) is 0 Å². The molecule has 1 aromatic rings. The molecule has 1 aromatic heterocycles. The van der Waals surface area contributed by atoms with Crippen molar-refractivity contribution in [2.45, 2.75) is 20.3 Å². The molecule has 2 heterocycles. The van der Waals surface area contributed by atoms with Gasteiger partial charge in [0.2, 0.25) is 15.0 Å². The van der Waals surface area contributed by atoms with Gasteiger partial charge >= 0.3 is 0 Å². The van der Waals surface area contributed by atoms with Crippen LogP contribution < -0.4 is 4.90 Å². The summed E-state index contributed by atoms with van der Waals surface area (Å²) in [5.74, 6) is -0.562. The number of amides is 1. The molecule has 0 saturated carbocycles. The zero-order valence-corrected chi connectivity index (χ0v) is 12.1. The molecule has 0 aromatic carbocycles. The van der Waals surface area contributed by atoms with Crippen LogP contribution in [0.3, 0.4) is 0 Å². The van der Waals surface area contributed by atoms with E-state index in [4.69, 9.17) is 10.7 Å². The molecule has 0 spiro atoms. The van der Waals surface area contributed by atoms with E-state index in [1.807, 2.05) is 0 Å². The van der Waals surface area contributed by atoms with Crippen LogP contribution in [0.2, 0.25) is 0 Å². The van der Waals surface area contributed by atoms with Crippen molar-refractivity contribution in [3.8, 4) is 0 Å². The second-order valence-corrected chi connectivity index (χ2v) is 7.38. The number of hydrogen-bond acceptors (Lipinski definition) is 6. The van der Waals surface area contributed by atoms with E-state index in [9.17, 15) is 13.2 Å². The molecule has 1 aliphatic rings. The van der Waals surface area contributed by atoms with Crippen molar-refractivity contribution in [2.24, 2.45) is 5.92 Å². The van der Waals surface area contributed by atoms with Crippen LogP contribution in [-0.2, 0) is 13.8 Å². The van der Waals surface area contributed by atoms with Gasteiger partial charge in [-0.15, -0.1) is 5.10 Å². The fraction of sp³-hybridized carbons (Fsp3) is 0.600. The summed E-state index contributed by atoms with van der Waals surface area (Å²) in [7, 11) is 1.58. The molecule has 0 aliphatic carbocycles. The molecule has 1 aliphatic heterocycles. The van der Waals surface area contributed by atoms with Crippen LogP contribution in [0.1, 0.15) is 17.8 Å². The summed E-state index contributed by atoms with van der Waals surface area (Å²) >= 11 is 0. The van der Waals surface area contributed by atoms with E-state index in [0.717, 1.165) is 0 Å². The number of halogens is 1. The van der Waals surface area contributed by atoms with Crippen molar-refractivity contribution in [1.82, 2.24) is 15.2 Å². The third-order valence-corrected chi connectivity index (χ3v) is 4.21. The maximum absolute atomic E-state index is 11.8. The quantitative estimate of drug-likeness (QED) is 0.751. The molecular formula is C10H13ClN4O3S. The van der Waals surface area contributed by atoms with Crippen molar-refractivity contribution < 1.29 is 13.2 Å². The molecule has 1 unspecified atom stereocenters. The van der Waals surface area contributed by atoms with Crippen molar-refractivity contribution in [3.63, 3.8) is 0 Å². The molecule has 1 saturated heterocycles. The van der Waals surface area contributed by atoms with Gasteiger partial charge in [0, 0.05) is 29.6 Å². The zero-order valence-electron chi connectivity index (χ0n) is 10.5. The van der Waals surface area contributed by atoms with Crippen molar-refractivity contribution in [1.29, 1.82) is 0 Å². The Morgan fingerprint density at radius 2 is 2.00 bits per heavy atom. The van der Waals surface area contributed by atoms with Gasteiger partial charge in [0.05, 0.1) is 17.1 Å². The number of anilines is 1. The number of carbonyl (C=O) groups is 1. The Balaban J connectivity index is 2.18. The summed E-state index contributed by atoms with van der Waals surface area (Å²) in [6, 6.07) is 0. The first-order chi connectivity index (χ1) is 8.76. The maximum Gasteiger partial charge on any atom is 0.252 e. The van der Waals surface area contributed by atoms with Gasteiger partial charge in [-0.05, 0) is 13.8 Å². The molecule has 104 valence electrons. The van der Waals surface area contributed by atoms with Crippen LogP contribution in [0.25, 0.3) is 0 Å². The van der Waals surface area contributed by atoms with Crippen LogP contribution >= 0.6 is 10.7 Å². The second-order valence-electron chi connectivity index (χ2n) is 4.56. The number of aryl methyl sites for hydroxylation is 2. The highest BCUT2D eigenvalue weighted by Gasteiger charge is 2.34. The maximum atomic E-state index is 11.8. The Kier molecular flexibility index (Phi) is 3.73. The predicted molar refractivity (Wildman–Crippen MR) is 69.4 cm³/mol. The van der Waals surface area contributed by atoms with Gasteiger partial charge in [-0.2, -0.15) is 5.10 Å². The van der Waals surface area contributed by atoms with Gasteiger partial charge in [-0.1, -0.05) is 0 Å². The summed E-state index contributed by atoms with van der Waals surface area (Å²) < 4.78 is 22.1. The summed E-state index contributed by atoms with van der Waals surface area (Å²) in [5.41, 5.74) is 1.38. The summed E-state index contributed by atoms with van der Waals surface area (Å²) in [4.78, 5) is 17.4. The van der Waals surface area contributed by atoms with Crippen LogP contribution in [0, 0.1) is 19.8 Å². The molecule has 0 radical (unpaired) electrons.